The largest absolute Gasteiger partial charge is 0.461 e. The van der Waals surface area contributed by atoms with E-state index in [1.165, 1.54) is 19.3 Å². The molecule has 4 heteroatoms. The van der Waals surface area contributed by atoms with Gasteiger partial charge in [-0.15, -0.1) is 0 Å². The van der Waals surface area contributed by atoms with Crippen molar-refractivity contribution in [1.29, 1.82) is 0 Å². The molecule has 0 bridgehead atoms. The van der Waals surface area contributed by atoms with E-state index in [1.54, 1.807) is 5.57 Å². The molecule has 4 nitrogen and oxygen atoms in total. The molecule has 0 aromatic carbocycles. The average molecular weight is 347 g/mol. The van der Waals surface area contributed by atoms with Crippen LogP contribution in [0.4, 0.5) is 0 Å². The Morgan fingerprint density at radius 1 is 1.24 bits per heavy atom. The van der Waals surface area contributed by atoms with Crippen molar-refractivity contribution >= 4 is 5.97 Å². The van der Waals surface area contributed by atoms with Gasteiger partial charge in [0, 0.05) is 25.6 Å². The van der Waals surface area contributed by atoms with E-state index in [9.17, 15) is 4.79 Å². The van der Waals surface area contributed by atoms with Gasteiger partial charge in [-0.2, -0.15) is 0 Å². The molecule has 0 aromatic rings. The monoisotopic (exact) mass is 347 g/mol. The van der Waals surface area contributed by atoms with Crippen LogP contribution in [0.3, 0.4) is 0 Å². The zero-order valence-electron chi connectivity index (χ0n) is 16.2. The summed E-state index contributed by atoms with van der Waals surface area (Å²) in [5.74, 6) is 0.936. The molecular weight excluding hydrogens is 314 g/mol. The van der Waals surface area contributed by atoms with Gasteiger partial charge < -0.3 is 9.47 Å². The highest BCUT2D eigenvalue weighted by Crippen LogP contribution is 2.54. The van der Waals surface area contributed by atoms with Crippen molar-refractivity contribution in [3.8, 4) is 0 Å². The van der Waals surface area contributed by atoms with Crippen LogP contribution in [-0.4, -0.2) is 48.8 Å². The Hall–Kier alpha value is -0.870. The summed E-state index contributed by atoms with van der Waals surface area (Å²) in [5.41, 5.74) is 1.85. The molecule has 25 heavy (non-hydrogen) atoms. The molecule has 4 aliphatic rings. The predicted molar refractivity (Wildman–Crippen MR) is 97.1 cm³/mol. The number of nitrogens with zero attached hydrogens (tertiary/aromatic N) is 1. The number of hydrogen-bond acceptors (Lipinski definition) is 4. The number of hydrogen-bond donors (Lipinski definition) is 0. The molecule has 0 N–H and O–H groups in total. The lowest BCUT2D eigenvalue weighted by Gasteiger charge is -2.46. The summed E-state index contributed by atoms with van der Waals surface area (Å²) >= 11 is 0. The number of fused-ring (bicyclic) bond motifs is 2. The number of ether oxygens (including phenoxy) is 2. The van der Waals surface area contributed by atoms with Gasteiger partial charge in [-0.1, -0.05) is 31.9 Å². The fourth-order valence-electron chi connectivity index (χ4n) is 5.97. The molecule has 140 valence electrons. The summed E-state index contributed by atoms with van der Waals surface area (Å²) < 4.78 is 11.7. The van der Waals surface area contributed by atoms with Crippen LogP contribution >= 0.6 is 0 Å². The first-order valence-corrected chi connectivity index (χ1v) is 10.2. The van der Waals surface area contributed by atoms with Crippen LogP contribution in [0.2, 0.25) is 0 Å². The molecular formula is C21H33NO3. The van der Waals surface area contributed by atoms with Gasteiger partial charge in [0.15, 0.2) is 0 Å². The average Bonchev–Trinajstić information content (AvgIpc) is 2.79. The van der Waals surface area contributed by atoms with Gasteiger partial charge in [-0.05, 0) is 44.4 Å². The molecule has 4 rings (SSSR count). The summed E-state index contributed by atoms with van der Waals surface area (Å²) in [4.78, 5) is 15.1. The fourth-order valence-corrected chi connectivity index (χ4v) is 5.97. The third-order valence-corrected chi connectivity index (χ3v) is 7.03. The number of esters is 1. The van der Waals surface area contributed by atoms with E-state index < -0.39 is 0 Å². The minimum atomic E-state index is -0.00586. The first-order valence-electron chi connectivity index (χ1n) is 10.2. The van der Waals surface area contributed by atoms with Gasteiger partial charge in [0.2, 0.25) is 0 Å². The Kier molecular flexibility index (Phi) is 4.48. The second-order valence-electron chi connectivity index (χ2n) is 9.32. The lowest BCUT2D eigenvalue weighted by atomic mass is 9.59. The van der Waals surface area contributed by atoms with Crippen molar-refractivity contribution in [2.75, 3.05) is 19.6 Å². The minimum Gasteiger partial charge on any atom is -0.461 e. The van der Waals surface area contributed by atoms with Crippen LogP contribution in [-0.2, 0) is 14.3 Å². The zero-order valence-corrected chi connectivity index (χ0v) is 16.2. The molecule has 0 amide bonds. The van der Waals surface area contributed by atoms with Gasteiger partial charge in [0.05, 0.1) is 18.1 Å². The second kappa shape index (κ2) is 6.38. The van der Waals surface area contributed by atoms with Crippen molar-refractivity contribution in [3.05, 3.63) is 11.6 Å². The van der Waals surface area contributed by atoms with Gasteiger partial charge in [0.1, 0.15) is 6.10 Å². The van der Waals surface area contributed by atoms with Crippen LogP contribution in [0.15, 0.2) is 11.6 Å². The first-order chi connectivity index (χ1) is 11.9. The summed E-state index contributed by atoms with van der Waals surface area (Å²) in [6.07, 6.45) is 7.88. The fraction of sp³-hybridized carbons (Fsp3) is 0.857. The van der Waals surface area contributed by atoms with Crippen LogP contribution in [0.1, 0.15) is 53.4 Å². The topological polar surface area (TPSA) is 38.8 Å². The van der Waals surface area contributed by atoms with E-state index in [0.717, 1.165) is 26.1 Å². The number of rotatable bonds is 2. The molecule has 0 radical (unpaired) electrons. The van der Waals surface area contributed by atoms with E-state index in [0.29, 0.717) is 5.92 Å². The Morgan fingerprint density at radius 3 is 2.68 bits per heavy atom. The van der Waals surface area contributed by atoms with E-state index in [4.69, 9.17) is 9.47 Å². The van der Waals surface area contributed by atoms with E-state index in [2.05, 4.69) is 38.7 Å². The molecule has 0 spiro atoms. The third kappa shape index (κ3) is 3.16. The summed E-state index contributed by atoms with van der Waals surface area (Å²) in [6, 6.07) is 0. The van der Waals surface area contributed by atoms with Crippen molar-refractivity contribution in [2.45, 2.75) is 71.7 Å². The summed E-state index contributed by atoms with van der Waals surface area (Å²) in [6.45, 7) is 11.6. The lowest BCUT2D eigenvalue weighted by Crippen LogP contribution is -2.48. The summed E-state index contributed by atoms with van der Waals surface area (Å²) in [5, 5.41) is 0. The highest BCUT2D eigenvalue weighted by Gasteiger charge is 2.52. The van der Waals surface area contributed by atoms with Gasteiger partial charge in [0.25, 0.3) is 0 Å². The highest BCUT2D eigenvalue weighted by atomic mass is 16.6. The maximum atomic E-state index is 12.7. The molecule has 2 aliphatic heterocycles. The van der Waals surface area contributed by atoms with Crippen LogP contribution in [0.5, 0.6) is 0 Å². The van der Waals surface area contributed by atoms with Crippen LogP contribution < -0.4 is 0 Å². The van der Waals surface area contributed by atoms with Gasteiger partial charge in [-0.25, -0.2) is 0 Å². The SMILES string of the molecule is C[C@@H]1CN(C[C@H]2C(=O)O[C@@H]3C[C@@]4(C)CCC[C@H](C)C4=C[C@@H]32)C[C@H](C)O1. The maximum Gasteiger partial charge on any atom is 0.311 e. The van der Waals surface area contributed by atoms with E-state index in [1.807, 2.05) is 0 Å². The first kappa shape index (κ1) is 17.5. The Morgan fingerprint density at radius 2 is 1.96 bits per heavy atom. The normalized spacial score (nSPS) is 47.7. The van der Waals surface area contributed by atoms with E-state index >= 15 is 0 Å². The lowest BCUT2D eigenvalue weighted by molar-refractivity contribution is -0.146. The zero-order chi connectivity index (χ0) is 17.8. The quantitative estimate of drug-likeness (QED) is 0.567. The van der Waals surface area contributed by atoms with E-state index in [-0.39, 0.29) is 41.5 Å². The standard InChI is InChI=1S/C21H33NO3/c1-13-6-5-7-21(4)9-19-16(8-18(13)21)17(20(23)25-19)12-22-10-14(2)24-15(3)11-22/h8,13-17,19H,5-7,9-12H2,1-4H3/t13-,14-,15+,16+,17+,19+,21+/m0/s1. The molecule has 0 unspecified atom stereocenters. The highest BCUT2D eigenvalue weighted by molar-refractivity contribution is 5.76. The molecule has 2 heterocycles. The molecule has 3 fully saturated rings. The second-order valence-corrected chi connectivity index (χ2v) is 9.32. The molecule has 1 saturated carbocycles. The Balaban J connectivity index is 1.55. The number of morpholine rings is 1. The Bertz CT molecular complexity index is 563. The van der Waals surface area contributed by atoms with Crippen molar-refractivity contribution in [1.82, 2.24) is 4.90 Å². The third-order valence-electron chi connectivity index (χ3n) is 7.03. The smallest absolute Gasteiger partial charge is 0.311 e. The van der Waals surface area contributed by atoms with Crippen molar-refractivity contribution in [3.63, 3.8) is 0 Å². The number of carbonyl (C=O) groups is 1. The summed E-state index contributed by atoms with van der Waals surface area (Å²) in [7, 11) is 0. The van der Waals surface area contributed by atoms with Crippen molar-refractivity contribution in [2.24, 2.45) is 23.2 Å². The molecule has 2 aliphatic carbocycles. The number of allylic oxidation sites excluding steroid dienone is 1. The minimum absolute atomic E-state index is 0.00586. The van der Waals surface area contributed by atoms with Crippen molar-refractivity contribution < 1.29 is 14.3 Å². The Labute approximate surface area is 151 Å². The number of carbonyl (C=O) groups excluding carboxylic acids is 1. The maximum absolute atomic E-state index is 12.7. The molecule has 2 saturated heterocycles. The molecule has 7 atom stereocenters. The van der Waals surface area contributed by atoms with Crippen LogP contribution in [0.25, 0.3) is 0 Å². The van der Waals surface area contributed by atoms with Gasteiger partial charge in [-0.3, -0.25) is 9.69 Å². The van der Waals surface area contributed by atoms with Gasteiger partial charge >= 0.3 is 5.97 Å². The van der Waals surface area contributed by atoms with Crippen LogP contribution in [0, 0.1) is 23.2 Å². The molecule has 0 aromatic heterocycles. The predicted octanol–water partition coefficient (Wildman–Crippen LogP) is 3.41.